The molecule has 0 spiro atoms. The van der Waals surface area contributed by atoms with Crippen LogP contribution in [0.3, 0.4) is 0 Å². The van der Waals surface area contributed by atoms with Crippen molar-refractivity contribution in [3.63, 3.8) is 0 Å². The van der Waals surface area contributed by atoms with Crippen molar-refractivity contribution in [3.8, 4) is 0 Å². The van der Waals surface area contributed by atoms with Crippen LogP contribution in [0.5, 0.6) is 0 Å². The predicted molar refractivity (Wildman–Crippen MR) is 97.6 cm³/mol. The molecule has 1 unspecified atom stereocenters. The van der Waals surface area contributed by atoms with Crippen LogP contribution in [-0.4, -0.2) is 28.8 Å². The molecule has 148 valence electrons. The lowest BCUT2D eigenvalue weighted by atomic mass is 9.87. The van der Waals surface area contributed by atoms with Crippen molar-refractivity contribution >= 4 is 18.3 Å². The van der Waals surface area contributed by atoms with E-state index >= 15 is 0 Å². The zero-order valence-electron chi connectivity index (χ0n) is 14.8. The SMILES string of the molecule is CC(NC(=O)C1(n2cccn2)CCNCC1)c1ccc(C(F)(F)F)cc1.Cl. The molecule has 27 heavy (non-hydrogen) atoms. The van der Waals surface area contributed by atoms with Crippen LogP contribution in [0.25, 0.3) is 0 Å². The van der Waals surface area contributed by atoms with Gasteiger partial charge in [0.2, 0.25) is 5.91 Å². The van der Waals surface area contributed by atoms with Gasteiger partial charge >= 0.3 is 6.18 Å². The van der Waals surface area contributed by atoms with Crippen LogP contribution in [0.1, 0.15) is 36.9 Å². The fourth-order valence-corrected chi connectivity index (χ4v) is 3.30. The number of nitrogens with one attached hydrogen (secondary N) is 2. The molecule has 0 bridgehead atoms. The first-order valence-corrected chi connectivity index (χ1v) is 8.52. The van der Waals surface area contributed by atoms with E-state index in [0.29, 0.717) is 31.5 Å². The van der Waals surface area contributed by atoms with E-state index in [4.69, 9.17) is 0 Å². The number of amides is 1. The molecular formula is C18H22ClF3N4O. The molecule has 2 aromatic rings. The maximum Gasteiger partial charge on any atom is 0.416 e. The molecule has 3 rings (SSSR count). The second-order valence-corrected chi connectivity index (χ2v) is 6.55. The highest BCUT2D eigenvalue weighted by molar-refractivity contribution is 5.85. The zero-order chi connectivity index (χ0) is 18.8. The molecule has 5 nitrogen and oxygen atoms in total. The summed E-state index contributed by atoms with van der Waals surface area (Å²) in [4.78, 5) is 13.0. The van der Waals surface area contributed by atoms with Gasteiger partial charge in [-0.3, -0.25) is 9.48 Å². The van der Waals surface area contributed by atoms with Crippen molar-refractivity contribution in [2.75, 3.05) is 13.1 Å². The van der Waals surface area contributed by atoms with Gasteiger partial charge in [-0.15, -0.1) is 12.4 Å². The summed E-state index contributed by atoms with van der Waals surface area (Å²) >= 11 is 0. The summed E-state index contributed by atoms with van der Waals surface area (Å²) in [6.45, 7) is 3.16. The summed E-state index contributed by atoms with van der Waals surface area (Å²) < 4.78 is 39.8. The molecule has 1 saturated heterocycles. The number of carbonyl (C=O) groups is 1. The Morgan fingerprint density at radius 2 is 1.89 bits per heavy atom. The molecule has 1 fully saturated rings. The lowest BCUT2D eigenvalue weighted by Gasteiger charge is -2.37. The monoisotopic (exact) mass is 402 g/mol. The van der Waals surface area contributed by atoms with Crippen LogP contribution in [0, 0.1) is 0 Å². The standard InChI is InChI=1S/C18H21F3N4O.ClH/c1-13(14-3-5-15(6-4-14)18(19,20)21)24-16(26)17(7-10-22-11-8-17)25-12-2-9-23-25;/h2-6,9,12-13,22H,7-8,10-11H2,1H3,(H,24,26);1H. The summed E-state index contributed by atoms with van der Waals surface area (Å²) in [5.41, 5.74) is -0.864. The van der Waals surface area contributed by atoms with Crippen molar-refractivity contribution < 1.29 is 18.0 Å². The second-order valence-electron chi connectivity index (χ2n) is 6.55. The van der Waals surface area contributed by atoms with Gasteiger partial charge in [-0.25, -0.2) is 0 Å². The summed E-state index contributed by atoms with van der Waals surface area (Å²) in [6.07, 6.45) is 0.231. The largest absolute Gasteiger partial charge is 0.416 e. The highest BCUT2D eigenvalue weighted by Gasteiger charge is 2.42. The molecule has 1 aliphatic rings. The number of hydrogen-bond acceptors (Lipinski definition) is 3. The third-order valence-electron chi connectivity index (χ3n) is 4.88. The van der Waals surface area contributed by atoms with E-state index in [9.17, 15) is 18.0 Å². The normalized spacial score (nSPS) is 17.6. The molecular weight excluding hydrogens is 381 g/mol. The Bertz CT molecular complexity index is 741. The van der Waals surface area contributed by atoms with Gasteiger partial charge in [0, 0.05) is 12.4 Å². The van der Waals surface area contributed by atoms with Crippen molar-refractivity contribution in [1.82, 2.24) is 20.4 Å². The first-order valence-electron chi connectivity index (χ1n) is 8.52. The quantitative estimate of drug-likeness (QED) is 0.825. The smallest absolute Gasteiger partial charge is 0.347 e. The Kier molecular flexibility index (Phi) is 6.54. The van der Waals surface area contributed by atoms with Crippen molar-refractivity contribution in [1.29, 1.82) is 0 Å². The highest BCUT2D eigenvalue weighted by atomic mass is 35.5. The molecule has 9 heteroatoms. The molecule has 1 atom stereocenters. The first kappa shape index (κ1) is 21.2. The van der Waals surface area contributed by atoms with E-state index in [1.54, 1.807) is 30.1 Å². The van der Waals surface area contributed by atoms with Gasteiger partial charge < -0.3 is 10.6 Å². The summed E-state index contributed by atoms with van der Waals surface area (Å²) in [5, 5.41) is 10.4. The fraction of sp³-hybridized carbons (Fsp3) is 0.444. The Labute approximate surface area is 161 Å². The van der Waals surface area contributed by atoms with E-state index in [0.717, 1.165) is 12.1 Å². The van der Waals surface area contributed by atoms with Crippen molar-refractivity contribution in [3.05, 3.63) is 53.9 Å². The molecule has 1 aliphatic heterocycles. The zero-order valence-corrected chi connectivity index (χ0v) is 15.6. The number of carbonyl (C=O) groups excluding carboxylic acids is 1. The minimum absolute atomic E-state index is 0. The van der Waals surface area contributed by atoms with Gasteiger partial charge in [-0.05, 0) is 56.6 Å². The number of aromatic nitrogens is 2. The number of benzene rings is 1. The fourth-order valence-electron chi connectivity index (χ4n) is 3.30. The molecule has 0 saturated carbocycles. The van der Waals surface area contributed by atoms with Gasteiger partial charge in [0.15, 0.2) is 0 Å². The minimum Gasteiger partial charge on any atom is -0.347 e. The van der Waals surface area contributed by atoms with Gasteiger partial charge in [-0.2, -0.15) is 18.3 Å². The number of piperidine rings is 1. The van der Waals surface area contributed by atoms with E-state index in [1.165, 1.54) is 12.1 Å². The number of nitrogens with zero attached hydrogens (tertiary/aromatic N) is 2. The average Bonchev–Trinajstić information content (AvgIpc) is 3.17. The third kappa shape index (κ3) is 4.44. The molecule has 1 aromatic heterocycles. The van der Waals surface area contributed by atoms with Crippen LogP contribution in [0.2, 0.25) is 0 Å². The molecule has 0 aliphatic carbocycles. The van der Waals surface area contributed by atoms with Gasteiger partial charge in [0.05, 0.1) is 11.6 Å². The predicted octanol–water partition coefficient (Wildman–Crippen LogP) is 3.28. The Morgan fingerprint density at radius 3 is 2.41 bits per heavy atom. The average molecular weight is 403 g/mol. The molecule has 1 aromatic carbocycles. The van der Waals surface area contributed by atoms with E-state index in [2.05, 4.69) is 15.7 Å². The maximum absolute atomic E-state index is 13.0. The third-order valence-corrected chi connectivity index (χ3v) is 4.88. The molecule has 1 amide bonds. The summed E-state index contributed by atoms with van der Waals surface area (Å²) in [7, 11) is 0. The van der Waals surface area contributed by atoms with E-state index in [-0.39, 0.29) is 18.3 Å². The minimum atomic E-state index is -4.37. The number of halogens is 4. The second kappa shape index (κ2) is 8.31. The lowest BCUT2D eigenvalue weighted by molar-refractivity contribution is -0.137. The van der Waals surface area contributed by atoms with Crippen molar-refractivity contribution in [2.45, 2.75) is 37.5 Å². The van der Waals surface area contributed by atoms with Gasteiger partial charge in [0.25, 0.3) is 0 Å². The van der Waals surface area contributed by atoms with Crippen LogP contribution in [0.4, 0.5) is 13.2 Å². The molecule has 2 N–H and O–H groups in total. The van der Waals surface area contributed by atoms with E-state index in [1.807, 2.05) is 0 Å². The van der Waals surface area contributed by atoms with Crippen LogP contribution in [0.15, 0.2) is 42.7 Å². The topological polar surface area (TPSA) is 59.0 Å². The number of hydrogen-bond donors (Lipinski definition) is 2. The van der Waals surface area contributed by atoms with Crippen LogP contribution >= 0.6 is 12.4 Å². The van der Waals surface area contributed by atoms with E-state index < -0.39 is 23.3 Å². The van der Waals surface area contributed by atoms with Gasteiger partial charge in [0.1, 0.15) is 5.54 Å². The summed E-state index contributed by atoms with van der Waals surface area (Å²) in [5.74, 6) is -0.171. The maximum atomic E-state index is 13.0. The summed E-state index contributed by atoms with van der Waals surface area (Å²) in [6, 6.07) is 6.23. The number of rotatable bonds is 4. The highest BCUT2D eigenvalue weighted by Crippen LogP contribution is 2.31. The molecule has 2 heterocycles. The van der Waals surface area contributed by atoms with Gasteiger partial charge in [-0.1, -0.05) is 12.1 Å². The number of alkyl halides is 3. The van der Waals surface area contributed by atoms with Crippen LogP contribution < -0.4 is 10.6 Å². The Morgan fingerprint density at radius 1 is 1.26 bits per heavy atom. The first-order chi connectivity index (χ1) is 12.3. The lowest BCUT2D eigenvalue weighted by Crippen LogP contribution is -2.55. The van der Waals surface area contributed by atoms with Crippen LogP contribution in [-0.2, 0) is 16.5 Å². The Balaban J connectivity index is 0.00000261. The Hall–Kier alpha value is -2.06. The van der Waals surface area contributed by atoms with Crippen molar-refractivity contribution in [2.24, 2.45) is 0 Å². The molecule has 0 radical (unpaired) electrons.